The Morgan fingerprint density at radius 3 is 2.38 bits per heavy atom. The Morgan fingerprint density at radius 2 is 1.76 bits per heavy atom. The Bertz CT molecular complexity index is 1190. The molecule has 2 aromatic rings. The molecular formula is C26H35N3O7S. The van der Waals surface area contributed by atoms with Gasteiger partial charge in [-0.25, -0.2) is 8.42 Å². The maximum absolute atomic E-state index is 13.6. The second-order valence-electron chi connectivity index (χ2n) is 8.79. The molecule has 1 heterocycles. The molecule has 0 bridgehead atoms. The van der Waals surface area contributed by atoms with Gasteiger partial charge in [-0.3, -0.25) is 13.9 Å². The van der Waals surface area contributed by atoms with E-state index in [0.717, 1.165) is 29.0 Å². The van der Waals surface area contributed by atoms with Crippen LogP contribution in [0.3, 0.4) is 0 Å². The number of nitrogens with zero attached hydrogens (tertiary/aromatic N) is 2. The van der Waals surface area contributed by atoms with Gasteiger partial charge in [-0.1, -0.05) is 25.5 Å². The quantitative estimate of drug-likeness (QED) is 0.417. The zero-order valence-electron chi connectivity index (χ0n) is 21.7. The van der Waals surface area contributed by atoms with Crippen LogP contribution in [0.15, 0.2) is 42.5 Å². The molecule has 3 rings (SSSR count). The van der Waals surface area contributed by atoms with Crippen molar-refractivity contribution in [2.24, 2.45) is 0 Å². The third-order valence-corrected chi connectivity index (χ3v) is 7.14. The number of hydrogen-bond donors (Lipinski definition) is 1. The Balaban J connectivity index is 1.88. The van der Waals surface area contributed by atoms with Crippen LogP contribution in [0.2, 0.25) is 0 Å². The van der Waals surface area contributed by atoms with Gasteiger partial charge in [-0.05, 0) is 43.2 Å². The lowest BCUT2D eigenvalue weighted by molar-refractivity contribution is -0.139. The Kier molecular flexibility index (Phi) is 9.62. The summed E-state index contributed by atoms with van der Waals surface area (Å²) in [5.74, 6) is 0.751. The predicted octanol–water partition coefficient (Wildman–Crippen LogP) is 2.57. The molecule has 0 fully saturated rings. The van der Waals surface area contributed by atoms with Crippen LogP contribution in [0.5, 0.6) is 17.2 Å². The number of ether oxygens (including phenoxy) is 3. The molecule has 0 radical (unpaired) electrons. The maximum Gasteiger partial charge on any atom is 0.244 e. The van der Waals surface area contributed by atoms with Crippen LogP contribution in [0.1, 0.15) is 32.3 Å². The van der Waals surface area contributed by atoms with E-state index < -0.39 is 28.5 Å². The van der Waals surface area contributed by atoms with Crippen LogP contribution >= 0.6 is 0 Å². The zero-order chi connectivity index (χ0) is 27.0. The first kappa shape index (κ1) is 28.1. The number of methoxy groups -OCH3 is 1. The van der Waals surface area contributed by atoms with E-state index in [1.165, 1.54) is 11.0 Å². The van der Waals surface area contributed by atoms with E-state index in [2.05, 4.69) is 5.32 Å². The van der Waals surface area contributed by atoms with Crippen LogP contribution in [0.4, 0.5) is 5.69 Å². The molecule has 0 spiro atoms. The molecule has 0 aromatic heterocycles. The van der Waals surface area contributed by atoms with Crippen molar-refractivity contribution >= 4 is 27.5 Å². The molecule has 2 aromatic carbocycles. The van der Waals surface area contributed by atoms with E-state index >= 15 is 0 Å². The van der Waals surface area contributed by atoms with Crippen LogP contribution in [-0.4, -0.2) is 70.8 Å². The van der Waals surface area contributed by atoms with E-state index in [1.807, 2.05) is 6.92 Å². The van der Waals surface area contributed by atoms with Crippen molar-refractivity contribution < 1.29 is 32.2 Å². The summed E-state index contributed by atoms with van der Waals surface area (Å²) in [6.07, 6.45) is 2.77. The van der Waals surface area contributed by atoms with Gasteiger partial charge >= 0.3 is 0 Å². The number of nitrogens with one attached hydrogen (secondary N) is 1. The second-order valence-corrected chi connectivity index (χ2v) is 10.7. The lowest BCUT2D eigenvalue weighted by Crippen LogP contribution is -2.51. The van der Waals surface area contributed by atoms with Gasteiger partial charge in [0, 0.05) is 19.2 Å². The molecule has 0 saturated heterocycles. The highest BCUT2D eigenvalue weighted by Crippen LogP contribution is 2.34. The van der Waals surface area contributed by atoms with Gasteiger partial charge < -0.3 is 24.4 Å². The predicted molar refractivity (Wildman–Crippen MR) is 141 cm³/mol. The lowest BCUT2D eigenvalue weighted by Gasteiger charge is -2.31. The third kappa shape index (κ3) is 7.51. The number of amides is 2. The normalized spacial score (nSPS) is 13.4. The number of carbonyl (C=O) groups excluding carboxylic acids is 2. The highest BCUT2D eigenvalue weighted by atomic mass is 32.2. The lowest BCUT2D eigenvalue weighted by atomic mass is 10.1. The SMILES string of the molecule is CCCCNC(=O)C(C)N(Cc1ccc(OC)cc1)C(=O)CN(c1ccc2c(c1)OCCO2)S(C)(=O)=O. The molecule has 1 atom stereocenters. The van der Waals surface area contributed by atoms with Crippen molar-refractivity contribution in [2.75, 3.05) is 44.0 Å². The fourth-order valence-corrected chi connectivity index (χ4v) is 4.69. The summed E-state index contributed by atoms with van der Waals surface area (Å²) >= 11 is 0. The molecule has 1 aliphatic rings. The molecule has 10 nitrogen and oxygen atoms in total. The first-order chi connectivity index (χ1) is 17.6. The van der Waals surface area contributed by atoms with E-state index in [9.17, 15) is 18.0 Å². The Labute approximate surface area is 218 Å². The van der Waals surface area contributed by atoms with Crippen LogP contribution in [-0.2, 0) is 26.2 Å². The largest absolute Gasteiger partial charge is 0.497 e. The van der Waals surface area contributed by atoms with Crippen LogP contribution in [0, 0.1) is 0 Å². The van der Waals surface area contributed by atoms with Gasteiger partial charge in [0.25, 0.3) is 0 Å². The number of benzene rings is 2. The average Bonchev–Trinajstić information content (AvgIpc) is 2.89. The van der Waals surface area contributed by atoms with Crippen molar-refractivity contribution in [1.82, 2.24) is 10.2 Å². The Hall–Kier alpha value is -3.47. The number of unbranched alkanes of at least 4 members (excludes halogenated alkanes) is 1. The van der Waals surface area contributed by atoms with Crippen LogP contribution < -0.4 is 23.8 Å². The third-order valence-electron chi connectivity index (χ3n) is 6.00. The van der Waals surface area contributed by atoms with Gasteiger partial charge in [-0.15, -0.1) is 0 Å². The van der Waals surface area contributed by atoms with Gasteiger partial charge in [0.1, 0.15) is 31.5 Å². The van der Waals surface area contributed by atoms with Crippen molar-refractivity contribution in [3.8, 4) is 17.2 Å². The summed E-state index contributed by atoms with van der Waals surface area (Å²) in [6, 6.07) is 11.0. The number of rotatable bonds is 12. The molecular weight excluding hydrogens is 498 g/mol. The highest BCUT2D eigenvalue weighted by Gasteiger charge is 2.30. The zero-order valence-corrected chi connectivity index (χ0v) is 22.5. The van der Waals surface area contributed by atoms with Gasteiger partial charge in [-0.2, -0.15) is 0 Å². The van der Waals surface area contributed by atoms with E-state index in [1.54, 1.807) is 50.4 Å². The molecule has 0 saturated carbocycles. The highest BCUT2D eigenvalue weighted by molar-refractivity contribution is 7.92. The topological polar surface area (TPSA) is 114 Å². The number of carbonyl (C=O) groups is 2. The van der Waals surface area contributed by atoms with Gasteiger partial charge in [0.2, 0.25) is 21.8 Å². The monoisotopic (exact) mass is 533 g/mol. The number of hydrogen-bond acceptors (Lipinski definition) is 7. The molecule has 1 N–H and O–H groups in total. The summed E-state index contributed by atoms with van der Waals surface area (Å²) in [6.45, 7) is 4.53. The number of sulfonamides is 1. The minimum Gasteiger partial charge on any atom is -0.497 e. The van der Waals surface area contributed by atoms with E-state index in [4.69, 9.17) is 14.2 Å². The molecule has 2 amide bonds. The van der Waals surface area contributed by atoms with Crippen molar-refractivity contribution in [1.29, 1.82) is 0 Å². The number of fused-ring (bicyclic) bond motifs is 1. The fourth-order valence-electron chi connectivity index (χ4n) is 3.85. The standard InChI is InChI=1S/C26H35N3O7S/c1-5-6-13-27-26(31)19(2)28(17-20-7-10-22(34-3)11-8-20)25(30)18-29(37(4,32)33)21-9-12-23-24(16-21)36-15-14-35-23/h7-12,16,19H,5-6,13-15,17-18H2,1-4H3,(H,27,31). The summed E-state index contributed by atoms with van der Waals surface area (Å²) in [5, 5.41) is 2.86. The Morgan fingerprint density at radius 1 is 1.08 bits per heavy atom. The maximum atomic E-state index is 13.6. The van der Waals surface area contributed by atoms with Crippen molar-refractivity contribution in [2.45, 2.75) is 39.3 Å². The summed E-state index contributed by atoms with van der Waals surface area (Å²) in [7, 11) is -2.29. The summed E-state index contributed by atoms with van der Waals surface area (Å²) < 4.78 is 42.8. The molecule has 37 heavy (non-hydrogen) atoms. The number of anilines is 1. The molecule has 202 valence electrons. The molecule has 0 aliphatic carbocycles. The van der Waals surface area contributed by atoms with Gasteiger partial charge in [0.15, 0.2) is 11.5 Å². The van der Waals surface area contributed by atoms with Crippen molar-refractivity contribution in [3.05, 3.63) is 48.0 Å². The van der Waals surface area contributed by atoms with Gasteiger partial charge in [0.05, 0.1) is 19.1 Å². The van der Waals surface area contributed by atoms with Crippen molar-refractivity contribution in [3.63, 3.8) is 0 Å². The molecule has 11 heteroatoms. The summed E-state index contributed by atoms with van der Waals surface area (Å²) in [4.78, 5) is 27.9. The van der Waals surface area contributed by atoms with Crippen LogP contribution in [0.25, 0.3) is 0 Å². The first-order valence-electron chi connectivity index (χ1n) is 12.2. The fraction of sp³-hybridized carbons (Fsp3) is 0.462. The van der Waals surface area contributed by atoms with E-state index in [-0.39, 0.29) is 18.1 Å². The minimum absolute atomic E-state index is 0.115. The smallest absolute Gasteiger partial charge is 0.244 e. The average molecular weight is 534 g/mol. The second kappa shape index (κ2) is 12.7. The van der Waals surface area contributed by atoms with E-state index in [0.29, 0.717) is 37.0 Å². The summed E-state index contributed by atoms with van der Waals surface area (Å²) in [5.41, 5.74) is 1.04. The first-order valence-corrected chi connectivity index (χ1v) is 14.1. The molecule has 1 aliphatic heterocycles. The minimum atomic E-state index is -3.85. The molecule has 1 unspecified atom stereocenters.